The quantitative estimate of drug-likeness (QED) is 0.625. The SMILES string of the molecule is CC(C)(C)OC(=O)N[C@H](CC(=O)[O-])Cc1ccccc1.[Cs+]. The number of hydrogen-bond acceptors (Lipinski definition) is 4. The van der Waals surface area contributed by atoms with E-state index in [0.29, 0.717) is 6.42 Å². The summed E-state index contributed by atoms with van der Waals surface area (Å²) in [5.74, 6) is -1.21. The first-order chi connectivity index (χ1) is 9.26. The predicted octanol–water partition coefficient (Wildman–Crippen LogP) is -1.73. The summed E-state index contributed by atoms with van der Waals surface area (Å²) >= 11 is 0. The van der Waals surface area contributed by atoms with Gasteiger partial charge in [-0.15, -0.1) is 0 Å². The maximum atomic E-state index is 11.7. The zero-order valence-electron chi connectivity index (χ0n) is 13.0. The van der Waals surface area contributed by atoms with Crippen LogP contribution in [-0.2, 0) is 16.0 Å². The van der Waals surface area contributed by atoms with Gasteiger partial charge < -0.3 is 20.0 Å². The third-order valence-corrected chi connectivity index (χ3v) is 2.46. The first-order valence-corrected chi connectivity index (χ1v) is 6.49. The van der Waals surface area contributed by atoms with E-state index < -0.39 is 23.7 Å². The number of aliphatic carboxylic acids is 1. The Morgan fingerprint density at radius 1 is 1.24 bits per heavy atom. The fourth-order valence-electron chi connectivity index (χ4n) is 1.75. The van der Waals surface area contributed by atoms with Gasteiger partial charge in [-0.2, -0.15) is 0 Å². The summed E-state index contributed by atoms with van der Waals surface area (Å²) in [5, 5.41) is 13.3. The third kappa shape index (κ3) is 10.4. The van der Waals surface area contributed by atoms with E-state index in [1.807, 2.05) is 30.3 Å². The number of nitrogens with one attached hydrogen (secondary N) is 1. The van der Waals surface area contributed by atoms with Gasteiger partial charge in [0.25, 0.3) is 0 Å². The third-order valence-electron chi connectivity index (χ3n) is 2.46. The van der Waals surface area contributed by atoms with Gasteiger partial charge in [0.15, 0.2) is 0 Å². The molecule has 5 nitrogen and oxygen atoms in total. The number of benzene rings is 1. The Bertz CT molecular complexity index is 456. The predicted molar refractivity (Wildman–Crippen MR) is 72.9 cm³/mol. The molecule has 110 valence electrons. The summed E-state index contributed by atoms with van der Waals surface area (Å²) in [4.78, 5) is 22.5. The molecule has 21 heavy (non-hydrogen) atoms. The minimum atomic E-state index is -1.21. The molecule has 1 amide bonds. The number of ether oxygens (including phenoxy) is 1. The molecular formula is C15H20CsNO4. The number of rotatable bonds is 5. The zero-order chi connectivity index (χ0) is 15.2. The average molecular weight is 411 g/mol. The molecule has 1 rings (SSSR count). The summed E-state index contributed by atoms with van der Waals surface area (Å²) in [6, 6.07) is 8.78. The van der Waals surface area contributed by atoms with Crippen molar-refractivity contribution in [3.63, 3.8) is 0 Å². The molecule has 0 aliphatic heterocycles. The molecule has 0 spiro atoms. The van der Waals surface area contributed by atoms with Crippen LogP contribution < -0.4 is 79.3 Å². The molecule has 6 heteroatoms. The van der Waals surface area contributed by atoms with E-state index in [0.717, 1.165) is 5.56 Å². The van der Waals surface area contributed by atoms with Gasteiger partial charge in [-0.05, 0) is 32.8 Å². The number of carboxylic acid groups (broad SMARTS) is 1. The van der Waals surface area contributed by atoms with Crippen LogP contribution >= 0.6 is 0 Å². The van der Waals surface area contributed by atoms with Crippen molar-refractivity contribution in [2.24, 2.45) is 0 Å². The van der Waals surface area contributed by atoms with Gasteiger partial charge in [0.05, 0.1) is 0 Å². The molecule has 0 fully saturated rings. The molecule has 0 bridgehead atoms. The standard InChI is InChI=1S/C15H21NO4.Cs/c1-15(2,3)20-14(19)16-12(10-13(17)18)9-11-7-5-4-6-8-11;/h4-8,12H,9-10H2,1-3H3,(H,16,19)(H,17,18);/q;+1/p-1/t12-;/m0./s1. The summed E-state index contributed by atoms with van der Waals surface area (Å²) in [6.45, 7) is 5.24. The summed E-state index contributed by atoms with van der Waals surface area (Å²) in [7, 11) is 0. The second kappa shape index (κ2) is 9.91. The van der Waals surface area contributed by atoms with Gasteiger partial charge in [0, 0.05) is 18.4 Å². The molecule has 0 heterocycles. The Hall–Kier alpha value is 0.0119. The van der Waals surface area contributed by atoms with E-state index in [-0.39, 0.29) is 75.3 Å². The number of carboxylic acids is 1. The molecular weight excluding hydrogens is 391 g/mol. The molecule has 0 unspecified atom stereocenters. The summed E-state index contributed by atoms with van der Waals surface area (Å²) in [6.07, 6.45) is -0.470. The Balaban J connectivity index is 0.00000400. The van der Waals surface area contributed by atoms with Gasteiger partial charge in [-0.3, -0.25) is 0 Å². The molecule has 0 aromatic heterocycles. The second-order valence-corrected chi connectivity index (χ2v) is 5.61. The number of carbonyl (C=O) groups is 2. The van der Waals surface area contributed by atoms with Crippen LogP contribution in [0.15, 0.2) is 30.3 Å². The van der Waals surface area contributed by atoms with Crippen LogP contribution in [0.3, 0.4) is 0 Å². The molecule has 1 atom stereocenters. The second-order valence-electron chi connectivity index (χ2n) is 5.61. The minimum absolute atomic E-state index is 0. The van der Waals surface area contributed by atoms with E-state index in [4.69, 9.17) is 4.74 Å². The van der Waals surface area contributed by atoms with Gasteiger partial charge in [-0.1, -0.05) is 30.3 Å². The number of amides is 1. The van der Waals surface area contributed by atoms with E-state index in [9.17, 15) is 14.7 Å². The molecule has 0 radical (unpaired) electrons. The van der Waals surface area contributed by atoms with Crippen molar-refractivity contribution in [1.82, 2.24) is 5.32 Å². The van der Waals surface area contributed by atoms with Gasteiger partial charge in [0.2, 0.25) is 0 Å². The number of alkyl carbamates (subject to hydrolysis) is 1. The smallest absolute Gasteiger partial charge is 0.550 e. The van der Waals surface area contributed by atoms with Crippen LogP contribution in [0.1, 0.15) is 32.8 Å². The van der Waals surface area contributed by atoms with Crippen molar-refractivity contribution in [2.45, 2.75) is 45.3 Å². The fraction of sp³-hybridized carbons (Fsp3) is 0.467. The summed E-state index contributed by atoms with van der Waals surface area (Å²) < 4.78 is 5.12. The maximum absolute atomic E-state index is 11.7. The van der Waals surface area contributed by atoms with E-state index in [2.05, 4.69) is 5.32 Å². The van der Waals surface area contributed by atoms with Crippen molar-refractivity contribution >= 4 is 12.1 Å². The van der Waals surface area contributed by atoms with Gasteiger partial charge in [0.1, 0.15) is 5.60 Å². The molecule has 1 aromatic carbocycles. The normalized spacial score (nSPS) is 12.0. The fourth-order valence-corrected chi connectivity index (χ4v) is 1.75. The summed E-state index contributed by atoms with van der Waals surface area (Å²) in [5.41, 5.74) is 0.317. The van der Waals surface area contributed by atoms with E-state index >= 15 is 0 Å². The molecule has 0 saturated heterocycles. The maximum Gasteiger partial charge on any atom is 1.00 e. The Labute approximate surface area is 184 Å². The van der Waals surface area contributed by atoms with E-state index in [1.165, 1.54) is 0 Å². The molecule has 0 aliphatic rings. The molecule has 1 aromatic rings. The van der Waals surface area contributed by atoms with Gasteiger partial charge >= 0.3 is 75.0 Å². The van der Waals surface area contributed by atoms with Crippen LogP contribution in [0.2, 0.25) is 0 Å². The number of hydrogen-bond donors (Lipinski definition) is 1. The van der Waals surface area contributed by atoms with Crippen molar-refractivity contribution in [1.29, 1.82) is 0 Å². The average Bonchev–Trinajstić information content (AvgIpc) is 2.26. The zero-order valence-corrected chi connectivity index (χ0v) is 19.3. The van der Waals surface area contributed by atoms with Crippen LogP contribution in [0.5, 0.6) is 0 Å². The van der Waals surface area contributed by atoms with Crippen molar-refractivity contribution in [3.05, 3.63) is 35.9 Å². The Kier molecular flexibility index (Phi) is 9.92. The Morgan fingerprint density at radius 2 is 1.81 bits per heavy atom. The minimum Gasteiger partial charge on any atom is -0.550 e. The topological polar surface area (TPSA) is 78.5 Å². The largest absolute Gasteiger partial charge is 1.00 e. The molecule has 1 N–H and O–H groups in total. The first-order valence-electron chi connectivity index (χ1n) is 6.49. The first kappa shape index (κ1) is 21.0. The van der Waals surface area contributed by atoms with Crippen LogP contribution in [0.25, 0.3) is 0 Å². The van der Waals surface area contributed by atoms with Crippen molar-refractivity contribution in [2.75, 3.05) is 0 Å². The van der Waals surface area contributed by atoms with Gasteiger partial charge in [-0.25, -0.2) is 4.79 Å². The van der Waals surface area contributed by atoms with E-state index in [1.54, 1.807) is 20.8 Å². The molecule has 0 aliphatic carbocycles. The van der Waals surface area contributed by atoms with Crippen molar-refractivity contribution < 1.29 is 88.3 Å². The van der Waals surface area contributed by atoms with Crippen LogP contribution in [0.4, 0.5) is 4.79 Å². The van der Waals surface area contributed by atoms with Crippen molar-refractivity contribution in [3.8, 4) is 0 Å². The number of carbonyl (C=O) groups excluding carboxylic acids is 2. The van der Waals surface area contributed by atoms with Crippen LogP contribution in [0, 0.1) is 0 Å². The monoisotopic (exact) mass is 411 g/mol. The van der Waals surface area contributed by atoms with Crippen LogP contribution in [-0.4, -0.2) is 23.7 Å². The Morgan fingerprint density at radius 3 is 2.29 bits per heavy atom. The molecule has 0 saturated carbocycles.